The van der Waals surface area contributed by atoms with Gasteiger partial charge in [-0.15, -0.1) is 11.3 Å². The van der Waals surface area contributed by atoms with Crippen molar-refractivity contribution in [2.45, 2.75) is 25.3 Å². The Balaban J connectivity index is 1.94. The summed E-state index contributed by atoms with van der Waals surface area (Å²) >= 11 is 1.49. The number of aryl methyl sites for hydroxylation is 1. The Hall–Kier alpha value is -2.03. The van der Waals surface area contributed by atoms with Crippen LogP contribution in [0.3, 0.4) is 0 Å². The summed E-state index contributed by atoms with van der Waals surface area (Å²) < 4.78 is 42.5. The second-order valence-corrected chi connectivity index (χ2v) is 8.03. The fourth-order valence-electron chi connectivity index (χ4n) is 2.50. The Labute approximate surface area is 143 Å². The van der Waals surface area contributed by atoms with Crippen molar-refractivity contribution in [3.05, 3.63) is 63.9 Å². The molecule has 0 aliphatic heterocycles. The van der Waals surface area contributed by atoms with E-state index in [1.807, 2.05) is 17.5 Å². The molecule has 2 heterocycles. The third-order valence-electron chi connectivity index (χ3n) is 3.58. The average Bonchev–Trinajstić information content (AvgIpc) is 3.14. The van der Waals surface area contributed by atoms with Gasteiger partial charge in [0.15, 0.2) is 0 Å². The summed E-state index contributed by atoms with van der Waals surface area (Å²) in [5.41, 5.74) is 1.49. The van der Waals surface area contributed by atoms with E-state index in [2.05, 4.69) is 9.82 Å². The molecule has 1 N–H and O–H groups in total. The zero-order valence-corrected chi connectivity index (χ0v) is 14.8. The number of hydrogen-bond donors (Lipinski definition) is 1. The summed E-state index contributed by atoms with van der Waals surface area (Å²) in [6, 6.07) is 9.49. The zero-order chi connectivity index (χ0) is 17.3. The van der Waals surface area contributed by atoms with Crippen LogP contribution in [-0.4, -0.2) is 18.2 Å². The van der Waals surface area contributed by atoms with Gasteiger partial charge in [0.05, 0.1) is 17.1 Å². The van der Waals surface area contributed by atoms with Gasteiger partial charge < -0.3 is 0 Å². The minimum absolute atomic E-state index is 0.156. The predicted molar refractivity (Wildman–Crippen MR) is 91.3 cm³/mol. The number of sulfonamides is 1. The van der Waals surface area contributed by atoms with E-state index in [-0.39, 0.29) is 17.3 Å². The van der Waals surface area contributed by atoms with Crippen LogP contribution in [0.2, 0.25) is 0 Å². The van der Waals surface area contributed by atoms with Crippen LogP contribution in [0.25, 0.3) is 5.69 Å². The SMILES string of the molecule is Cc1nn(-c2ccc(F)cc2)c(C)c1S(=O)(=O)NCc1cccs1. The lowest BCUT2D eigenvalue weighted by Gasteiger charge is -2.07. The van der Waals surface area contributed by atoms with Gasteiger partial charge in [0.1, 0.15) is 10.7 Å². The third-order valence-corrected chi connectivity index (χ3v) is 6.11. The van der Waals surface area contributed by atoms with Crippen molar-refractivity contribution in [2.24, 2.45) is 0 Å². The van der Waals surface area contributed by atoms with Gasteiger partial charge in [-0.25, -0.2) is 22.2 Å². The molecule has 8 heteroatoms. The van der Waals surface area contributed by atoms with E-state index < -0.39 is 10.0 Å². The maximum absolute atomic E-state index is 13.1. The first-order valence-corrected chi connectivity index (χ1v) is 9.59. The van der Waals surface area contributed by atoms with Gasteiger partial charge in [-0.3, -0.25) is 0 Å². The maximum Gasteiger partial charge on any atom is 0.244 e. The van der Waals surface area contributed by atoms with E-state index in [4.69, 9.17) is 0 Å². The highest BCUT2D eigenvalue weighted by molar-refractivity contribution is 7.89. The number of rotatable bonds is 5. The van der Waals surface area contributed by atoms with Crippen molar-refractivity contribution in [3.8, 4) is 5.69 Å². The Morgan fingerprint density at radius 1 is 1.21 bits per heavy atom. The normalized spacial score (nSPS) is 11.8. The topological polar surface area (TPSA) is 64.0 Å². The van der Waals surface area contributed by atoms with Crippen LogP contribution in [0.5, 0.6) is 0 Å². The van der Waals surface area contributed by atoms with E-state index in [0.29, 0.717) is 17.1 Å². The molecule has 0 unspecified atom stereocenters. The van der Waals surface area contributed by atoms with Gasteiger partial charge in [0.25, 0.3) is 0 Å². The summed E-state index contributed by atoms with van der Waals surface area (Å²) in [4.78, 5) is 1.09. The number of halogens is 1. The quantitative estimate of drug-likeness (QED) is 0.755. The van der Waals surface area contributed by atoms with Crippen molar-refractivity contribution < 1.29 is 12.8 Å². The Morgan fingerprint density at radius 3 is 2.54 bits per heavy atom. The fourth-order valence-corrected chi connectivity index (χ4v) is 4.63. The van der Waals surface area contributed by atoms with Crippen LogP contribution >= 0.6 is 11.3 Å². The number of nitrogens with one attached hydrogen (secondary N) is 1. The lowest BCUT2D eigenvalue weighted by Crippen LogP contribution is -2.24. The largest absolute Gasteiger partial charge is 0.244 e. The smallest absolute Gasteiger partial charge is 0.236 e. The molecule has 3 aromatic rings. The number of benzene rings is 1. The van der Waals surface area contributed by atoms with E-state index in [0.717, 1.165) is 4.88 Å². The molecule has 0 amide bonds. The maximum atomic E-state index is 13.1. The molecule has 5 nitrogen and oxygen atoms in total. The summed E-state index contributed by atoms with van der Waals surface area (Å²) in [5, 5.41) is 6.19. The molecule has 0 saturated carbocycles. The molecule has 0 bridgehead atoms. The zero-order valence-electron chi connectivity index (χ0n) is 13.2. The molecule has 1 aromatic carbocycles. The third kappa shape index (κ3) is 3.26. The Kier molecular flexibility index (Phi) is 4.53. The van der Waals surface area contributed by atoms with E-state index in [9.17, 15) is 12.8 Å². The second kappa shape index (κ2) is 6.46. The summed E-state index contributed by atoms with van der Waals surface area (Å²) in [6.45, 7) is 3.57. The lowest BCUT2D eigenvalue weighted by molar-refractivity contribution is 0.580. The molecular weight excluding hydrogens is 349 g/mol. The first-order chi connectivity index (χ1) is 11.4. The van der Waals surface area contributed by atoms with Crippen molar-refractivity contribution in [1.82, 2.24) is 14.5 Å². The van der Waals surface area contributed by atoms with Crippen LogP contribution < -0.4 is 4.72 Å². The molecule has 3 rings (SSSR count). The summed E-state index contributed by atoms with van der Waals surface area (Å²) in [7, 11) is -3.69. The fraction of sp³-hybridized carbons (Fsp3) is 0.188. The molecule has 0 spiro atoms. The van der Waals surface area contributed by atoms with Crippen molar-refractivity contribution in [1.29, 1.82) is 0 Å². The van der Waals surface area contributed by atoms with Gasteiger partial charge in [-0.1, -0.05) is 6.07 Å². The van der Waals surface area contributed by atoms with Gasteiger partial charge >= 0.3 is 0 Å². The minimum atomic E-state index is -3.69. The second-order valence-electron chi connectivity index (χ2n) is 5.29. The van der Waals surface area contributed by atoms with E-state index in [1.165, 1.54) is 28.2 Å². The van der Waals surface area contributed by atoms with E-state index in [1.54, 1.807) is 26.0 Å². The van der Waals surface area contributed by atoms with Crippen molar-refractivity contribution >= 4 is 21.4 Å². The molecule has 0 radical (unpaired) electrons. The van der Waals surface area contributed by atoms with Crippen LogP contribution in [0.1, 0.15) is 16.3 Å². The molecule has 0 aliphatic rings. The highest BCUT2D eigenvalue weighted by atomic mass is 32.2. The molecule has 0 saturated heterocycles. The molecule has 2 aromatic heterocycles. The lowest BCUT2D eigenvalue weighted by atomic mass is 10.3. The van der Waals surface area contributed by atoms with Crippen LogP contribution in [0.15, 0.2) is 46.7 Å². The van der Waals surface area contributed by atoms with Gasteiger partial charge in [0.2, 0.25) is 10.0 Å². The number of hydrogen-bond acceptors (Lipinski definition) is 4. The van der Waals surface area contributed by atoms with E-state index >= 15 is 0 Å². The molecule has 0 fully saturated rings. The standard InChI is InChI=1S/C16H16FN3O2S2/c1-11-16(24(21,22)18-10-15-4-3-9-23-15)12(2)20(19-11)14-7-5-13(17)6-8-14/h3-9,18H,10H2,1-2H3. The number of nitrogens with zero attached hydrogens (tertiary/aromatic N) is 2. The van der Waals surface area contributed by atoms with Gasteiger partial charge in [0, 0.05) is 11.4 Å². The molecule has 0 atom stereocenters. The number of thiophene rings is 1. The predicted octanol–water partition coefficient (Wildman–Crippen LogP) is 3.17. The van der Waals surface area contributed by atoms with Crippen molar-refractivity contribution in [3.63, 3.8) is 0 Å². The van der Waals surface area contributed by atoms with Crippen molar-refractivity contribution in [2.75, 3.05) is 0 Å². The average molecular weight is 365 g/mol. The minimum Gasteiger partial charge on any atom is -0.236 e. The molecule has 126 valence electrons. The number of aromatic nitrogens is 2. The molecule has 24 heavy (non-hydrogen) atoms. The highest BCUT2D eigenvalue weighted by Gasteiger charge is 2.25. The van der Waals surface area contributed by atoms with Crippen LogP contribution in [0.4, 0.5) is 4.39 Å². The van der Waals surface area contributed by atoms with Gasteiger partial charge in [-0.2, -0.15) is 5.10 Å². The van der Waals surface area contributed by atoms with Gasteiger partial charge in [-0.05, 0) is 49.6 Å². The highest BCUT2D eigenvalue weighted by Crippen LogP contribution is 2.23. The summed E-state index contributed by atoms with van der Waals surface area (Å²) in [6.07, 6.45) is 0. The Bertz CT molecular complexity index is 946. The molecular formula is C16H16FN3O2S2. The first kappa shape index (κ1) is 16.8. The van der Waals surface area contributed by atoms with Crippen LogP contribution in [0, 0.1) is 19.7 Å². The monoisotopic (exact) mass is 365 g/mol. The summed E-state index contributed by atoms with van der Waals surface area (Å²) in [5.74, 6) is -0.356. The first-order valence-electron chi connectivity index (χ1n) is 7.23. The Morgan fingerprint density at radius 2 is 1.92 bits per heavy atom. The molecule has 0 aliphatic carbocycles. The van der Waals surface area contributed by atoms with Crippen LogP contribution in [-0.2, 0) is 16.6 Å².